The summed E-state index contributed by atoms with van der Waals surface area (Å²) in [6, 6.07) is 19.8. The molecule has 5 rings (SSSR count). The molecule has 0 bridgehead atoms. The fraction of sp³-hybridized carbons (Fsp3) is 0.0400. The Balaban J connectivity index is 1.67. The van der Waals surface area contributed by atoms with E-state index in [1.807, 2.05) is 34.9 Å². The second kappa shape index (κ2) is 8.63. The third-order valence-electron chi connectivity index (χ3n) is 5.20. The van der Waals surface area contributed by atoms with Gasteiger partial charge in [0, 0.05) is 22.8 Å². The normalized spacial score (nSPS) is 11.1. The Morgan fingerprint density at radius 2 is 1.67 bits per heavy atom. The number of aromatic hydroxyl groups is 1. The lowest BCUT2D eigenvalue weighted by molar-refractivity contribution is 0.475. The molecule has 2 aromatic heterocycles. The van der Waals surface area contributed by atoms with Gasteiger partial charge in [-0.25, -0.2) is 18.7 Å². The van der Waals surface area contributed by atoms with Crippen LogP contribution in [0.5, 0.6) is 5.75 Å². The Morgan fingerprint density at radius 1 is 0.909 bits per heavy atom. The van der Waals surface area contributed by atoms with E-state index in [9.17, 15) is 13.9 Å². The van der Waals surface area contributed by atoms with Crippen LogP contribution in [0, 0.1) is 11.6 Å². The quantitative estimate of drug-likeness (QED) is 0.280. The first-order valence-corrected chi connectivity index (χ1v) is 10.9. The number of phenols is 1. The van der Waals surface area contributed by atoms with Crippen LogP contribution in [-0.4, -0.2) is 19.6 Å². The van der Waals surface area contributed by atoms with Gasteiger partial charge in [0.2, 0.25) is 0 Å². The number of anilines is 2. The third kappa shape index (κ3) is 4.42. The minimum atomic E-state index is -0.640. The van der Waals surface area contributed by atoms with Crippen LogP contribution in [0.15, 0.2) is 83.6 Å². The summed E-state index contributed by atoms with van der Waals surface area (Å²) in [6.45, 7) is 0.196. The molecule has 0 aliphatic heterocycles. The van der Waals surface area contributed by atoms with Crippen molar-refractivity contribution in [2.24, 2.45) is 0 Å². The molecule has 0 fully saturated rings. The van der Waals surface area contributed by atoms with E-state index in [-0.39, 0.29) is 12.3 Å². The lowest BCUT2D eigenvalue weighted by Crippen LogP contribution is -2.04. The van der Waals surface area contributed by atoms with E-state index >= 15 is 0 Å². The Bertz CT molecular complexity index is 1450. The highest BCUT2D eigenvalue weighted by Gasteiger charge is 2.17. The van der Waals surface area contributed by atoms with Crippen LogP contribution in [-0.2, 0) is 6.54 Å². The van der Waals surface area contributed by atoms with Crippen molar-refractivity contribution >= 4 is 38.5 Å². The molecule has 3 aromatic carbocycles. The van der Waals surface area contributed by atoms with Crippen molar-refractivity contribution in [1.82, 2.24) is 14.5 Å². The van der Waals surface area contributed by atoms with Crippen molar-refractivity contribution in [3.63, 3.8) is 0 Å². The molecule has 164 valence electrons. The highest BCUT2D eigenvalue weighted by atomic mass is 79.9. The standard InChI is InChI=1S/C25H17BrF2N4O/c26-17-2-1-3-20(10-17)31-24-22-12-23(16-4-6-21(33)7-5-16)32(25(22)30-14-29-24)13-15-8-18(27)11-19(28)9-15/h1-12,14,33H,13H2,(H,29,30,31). The first-order chi connectivity index (χ1) is 16.0. The van der Waals surface area contributed by atoms with E-state index in [2.05, 4.69) is 31.2 Å². The molecule has 0 unspecified atom stereocenters. The third-order valence-corrected chi connectivity index (χ3v) is 5.70. The molecule has 0 radical (unpaired) electrons. The summed E-state index contributed by atoms with van der Waals surface area (Å²) in [5.74, 6) is -0.536. The number of fused-ring (bicyclic) bond motifs is 1. The Hall–Kier alpha value is -3.78. The SMILES string of the molecule is Oc1ccc(-c2cc3c(Nc4cccc(Br)c4)ncnc3n2Cc2cc(F)cc(F)c2)cc1. The molecule has 0 aliphatic carbocycles. The number of hydrogen-bond acceptors (Lipinski definition) is 4. The van der Waals surface area contributed by atoms with E-state index in [1.165, 1.54) is 18.5 Å². The summed E-state index contributed by atoms with van der Waals surface area (Å²) >= 11 is 3.47. The van der Waals surface area contributed by atoms with Gasteiger partial charge in [0.1, 0.15) is 35.2 Å². The molecule has 0 atom stereocenters. The first kappa shape index (κ1) is 21.1. The van der Waals surface area contributed by atoms with Crippen LogP contribution < -0.4 is 5.32 Å². The molecule has 5 nitrogen and oxygen atoms in total. The first-order valence-electron chi connectivity index (χ1n) is 10.1. The van der Waals surface area contributed by atoms with Gasteiger partial charge in [0.05, 0.1) is 11.1 Å². The Morgan fingerprint density at radius 3 is 2.39 bits per heavy atom. The topological polar surface area (TPSA) is 63.0 Å². The van der Waals surface area contributed by atoms with Crippen LogP contribution in [0.3, 0.4) is 0 Å². The zero-order valence-corrected chi connectivity index (χ0v) is 18.7. The smallest absolute Gasteiger partial charge is 0.146 e. The van der Waals surface area contributed by atoms with Crippen molar-refractivity contribution in [3.8, 4) is 17.0 Å². The average Bonchev–Trinajstić information content (AvgIpc) is 3.13. The second-order valence-electron chi connectivity index (χ2n) is 7.54. The van der Waals surface area contributed by atoms with Gasteiger partial charge in [0.15, 0.2) is 0 Å². The molecule has 2 heterocycles. The molecule has 0 aliphatic rings. The fourth-order valence-corrected chi connectivity index (χ4v) is 4.18. The highest BCUT2D eigenvalue weighted by Crippen LogP contribution is 2.33. The maximum atomic E-state index is 13.9. The van der Waals surface area contributed by atoms with Crippen molar-refractivity contribution < 1.29 is 13.9 Å². The van der Waals surface area contributed by atoms with E-state index in [0.29, 0.717) is 17.0 Å². The van der Waals surface area contributed by atoms with E-state index in [4.69, 9.17) is 0 Å². The summed E-state index contributed by atoms with van der Waals surface area (Å²) in [5, 5.41) is 13.8. The van der Waals surface area contributed by atoms with Gasteiger partial charge in [0.25, 0.3) is 0 Å². The summed E-state index contributed by atoms with van der Waals surface area (Å²) in [6.07, 6.45) is 1.45. The Kier molecular flexibility index (Phi) is 5.51. The summed E-state index contributed by atoms with van der Waals surface area (Å²) in [5.41, 5.74) is 3.50. The fourth-order valence-electron chi connectivity index (χ4n) is 3.78. The summed E-state index contributed by atoms with van der Waals surface area (Å²) < 4.78 is 30.5. The number of hydrogen-bond donors (Lipinski definition) is 2. The van der Waals surface area contributed by atoms with Gasteiger partial charge in [-0.3, -0.25) is 0 Å². The van der Waals surface area contributed by atoms with Crippen LogP contribution in [0.25, 0.3) is 22.3 Å². The predicted molar refractivity (Wildman–Crippen MR) is 128 cm³/mol. The number of halogens is 3. The molecular weight excluding hydrogens is 490 g/mol. The van der Waals surface area contributed by atoms with Gasteiger partial charge in [-0.1, -0.05) is 22.0 Å². The average molecular weight is 507 g/mol. The highest BCUT2D eigenvalue weighted by molar-refractivity contribution is 9.10. The second-order valence-corrected chi connectivity index (χ2v) is 8.45. The maximum absolute atomic E-state index is 13.9. The van der Waals surface area contributed by atoms with E-state index in [1.54, 1.807) is 24.3 Å². The largest absolute Gasteiger partial charge is 0.508 e. The molecule has 8 heteroatoms. The van der Waals surface area contributed by atoms with Crippen molar-refractivity contribution in [1.29, 1.82) is 0 Å². The zero-order chi connectivity index (χ0) is 22.9. The van der Waals surface area contributed by atoms with Gasteiger partial charge in [-0.05, 0) is 71.8 Å². The van der Waals surface area contributed by atoms with Crippen LogP contribution >= 0.6 is 15.9 Å². The minimum absolute atomic E-state index is 0.144. The molecule has 5 aromatic rings. The molecule has 0 saturated heterocycles. The van der Waals surface area contributed by atoms with E-state index < -0.39 is 11.6 Å². The Labute approximate surface area is 196 Å². The van der Waals surface area contributed by atoms with Gasteiger partial charge < -0.3 is 15.0 Å². The molecule has 2 N–H and O–H groups in total. The molecular formula is C25H17BrF2N4O. The number of nitrogens with zero attached hydrogens (tertiary/aromatic N) is 3. The number of nitrogens with one attached hydrogen (secondary N) is 1. The number of phenolic OH excluding ortho intramolecular Hbond substituents is 1. The van der Waals surface area contributed by atoms with Crippen molar-refractivity contribution in [2.75, 3.05) is 5.32 Å². The van der Waals surface area contributed by atoms with E-state index in [0.717, 1.165) is 32.9 Å². The van der Waals surface area contributed by atoms with Crippen LogP contribution in [0.2, 0.25) is 0 Å². The molecule has 0 saturated carbocycles. The van der Waals surface area contributed by atoms with Crippen molar-refractivity contribution in [2.45, 2.75) is 6.54 Å². The number of benzene rings is 3. The summed E-state index contributed by atoms with van der Waals surface area (Å²) in [7, 11) is 0. The maximum Gasteiger partial charge on any atom is 0.146 e. The lowest BCUT2D eigenvalue weighted by Gasteiger charge is -2.12. The zero-order valence-electron chi connectivity index (χ0n) is 17.1. The molecule has 0 spiro atoms. The minimum Gasteiger partial charge on any atom is -0.508 e. The van der Waals surface area contributed by atoms with Crippen LogP contribution in [0.1, 0.15) is 5.56 Å². The monoisotopic (exact) mass is 506 g/mol. The summed E-state index contributed by atoms with van der Waals surface area (Å²) in [4.78, 5) is 8.89. The predicted octanol–water partition coefficient (Wildman–Crippen LogP) is 6.64. The van der Waals surface area contributed by atoms with Gasteiger partial charge in [-0.15, -0.1) is 0 Å². The number of aromatic nitrogens is 3. The lowest BCUT2D eigenvalue weighted by atomic mass is 10.1. The van der Waals surface area contributed by atoms with Gasteiger partial charge >= 0.3 is 0 Å². The number of rotatable bonds is 5. The molecule has 33 heavy (non-hydrogen) atoms. The van der Waals surface area contributed by atoms with Gasteiger partial charge in [-0.2, -0.15) is 0 Å². The molecule has 0 amide bonds. The van der Waals surface area contributed by atoms with Crippen molar-refractivity contribution in [3.05, 3.63) is 101 Å². The van der Waals surface area contributed by atoms with Crippen LogP contribution in [0.4, 0.5) is 20.3 Å².